The van der Waals surface area contributed by atoms with E-state index in [0.29, 0.717) is 41.7 Å². The molecule has 0 saturated heterocycles. The number of carbonyl (C=O) groups is 2. The van der Waals surface area contributed by atoms with E-state index in [-0.39, 0.29) is 45.8 Å². The van der Waals surface area contributed by atoms with Gasteiger partial charge in [-0.2, -0.15) is 0 Å². The van der Waals surface area contributed by atoms with Gasteiger partial charge in [0.1, 0.15) is 11.5 Å². The zero-order valence-electron chi connectivity index (χ0n) is 33.0. The Morgan fingerprint density at radius 2 is 1.17 bits per heavy atom. The van der Waals surface area contributed by atoms with Gasteiger partial charge in [-0.3, -0.25) is 9.59 Å². The van der Waals surface area contributed by atoms with Crippen LogP contribution in [-0.4, -0.2) is 101 Å². The smallest absolute Gasteiger partial charge is 0.275 e. The lowest BCUT2D eigenvalue weighted by molar-refractivity contribution is -0.882. The number of allylic oxidation sites excluding steroid dienone is 2. The van der Waals surface area contributed by atoms with Crippen LogP contribution in [0.4, 0.5) is 0 Å². The first-order valence-electron chi connectivity index (χ1n) is 18.8. The van der Waals surface area contributed by atoms with Gasteiger partial charge in [0, 0.05) is 18.7 Å². The van der Waals surface area contributed by atoms with E-state index in [0.717, 1.165) is 112 Å². The van der Waals surface area contributed by atoms with Crippen molar-refractivity contribution in [2.45, 2.75) is 78.1 Å². The molecule has 0 aliphatic heterocycles. The number of hydrogen-bond acceptors (Lipinski definition) is 4. The molecule has 0 fully saturated rings. The van der Waals surface area contributed by atoms with Crippen molar-refractivity contribution in [1.82, 2.24) is 10.6 Å². The normalized spacial score (nSPS) is 11.1. The lowest BCUT2D eigenvalue weighted by atomic mass is 9.97. The molecule has 0 radical (unpaired) electrons. The molecule has 10 heteroatoms. The Balaban J connectivity index is 0.0000130. The molecule has 0 heterocycles. The third-order valence-electron chi connectivity index (χ3n) is 8.84. The largest absolute Gasteiger partial charge is 1.00 e. The van der Waals surface area contributed by atoms with Gasteiger partial charge in [0.25, 0.3) is 11.8 Å². The molecule has 0 atom stereocenters. The molecule has 2 aromatic carbocycles. The highest BCUT2D eigenvalue weighted by molar-refractivity contribution is 5.77. The number of halogens is 2. The van der Waals surface area contributed by atoms with Crippen molar-refractivity contribution in [1.29, 1.82) is 0 Å². The third-order valence-corrected chi connectivity index (χ3v) is 8.84. The lowest BCUT2D eigenvalue weighted by Crippen LogP contribution is -3.00. The van der Waals surface area contributed by atoms with Crippen molar-refractivity contribution in [2.75, 3.05) is 80.7 Å². The van der Waals surface area contributed by atoms with Crippen LogP contribution in [0, 0.1) is 0 Å². The first kappa shape index (κ1) is 49.3. The number of likely N-dealkylation sites (N-methyl/N-ethyl adjacent to an activating group) is 2. The van der Waals surface area contributed by atoms with E-state index in [1.54, 1.807) is 0 Å². The molecule has 52 heavy (non-hydrogen) atoms. The first-order chi connectivity index (χ1) is 23.9. The zero-order valence-corrected chi connectivity index (χ0v) is 36.2. The summed E-state index contributed by atoms with van der Waals surface area (Å²) in [6.45, 7) is 17.7. The highest BCUT2D eigenvalue weighted by Crippen LogP contribution is 2.35. The standard InChI is InChI=1S/C42H66N4O4.2BrH/c1-9-13-25-43-41(47)33-45(5,6)27-15-17-29-49-39-24-22-36(32-37(39)20-12-4)38-31-35(19-11-3)21-23-40(38)50-30-18-16-28-46(7,8)34-42(48)44-26-14-10-2;;/h11-12,21-24,31-32H,3-4,9-10,13-20,25-30,33-34H2,1-2,5-8H3;2*1H. The first-order valence-corrected chi connectivity index (χ1v) is 18.8. The summed E-state index contributed by atoms with van der Waals surface area (Å²) >= 11 is 0. The average molecular weight is 853 g/mol. The second kappa shape index (κ2) is 27.0. The maximum absolute atomic E-state index is 12.3. The molecular weight excluding hydrogens is 784 g/mol. The number of amides is 2. The Bertz CT molecular complexity index is 1350. The van der Waals surface area contributed by atoms with E-state index in [2.05, 4.69) is 102 Å². The molecule has 0 spiro atoms. The Hall–Kier alpha value is -2.66. The molecule has 0 bridgehead atoms. The second-order valence-corrected chi connectivity index (χ2v) is 14.8. The molecule has 294 valence electrons. The van der Waals surface area contributed by atoms with Crippen LogP contribution in [0.5, 0.6) is 11.5 Å². The fraction of sp³-hybridized carbons (Fsp3) is 0.571. The molecule has 2 aromatic rings. The number of hydrogen-bond donors (Lipinski definition) is 2. The van der Waals surface area contributed by atoms with Crippen molar-refractivity contribution in [3.63, 3.8) is 0 Å². The minimum Gasteiger partial charge on any atom is -1.00 e. The summed E-state index contributed by atoms with van der Waals surface area (Å²) in [4.78, 5) is 24.6. The maximum atomic E-state index is 12.3. The topological polar surface area (TPSA) is 76.7 Å². The molecule has 0 aromatic heterocycles. The molecule has 0 aliphatic carbocycles. The molecular formula is C42H68Br2N4O4. The van der Waals surface area contributed by atoms with Gasteiger partial charge in [-0.15, -0.1) is 13.2 Å². The monoisotopic (exact) mass is 850 g/mol. The SMILES string of the molecule is C=CCc1ccc(OCCCC[N+](C)(C)CC(=O)NCCCC)c(-c2ccc(OCCCC[N+](C)(C)CC(=O)NCCCC)c(CC=C)c2)c1.[Br-].[Br-]. The Kier molecular flexibility index (Phi) is 25.6. The van der Waals surface area contributed by atoms with Gasteiger partial charge in [0.15, 0.2) is 13.1 Å². The number of benzene rings is 2. The van der Waals surface area contributed by atoms with Crippen LogP contribution in [0.25, 0.3) is 11.1 Å². The summed E-state index contributed by atoms with van der Waals surface area (Å²) in [6, 6.07) is 12.8. The number of rotatable bonds is 27. The highest BCUT2D eigenvalue weighted by Gasteiger charge is 2.21. The van der Waals surface area contributed by atoms with E-state index >= 15 is 0 Å². The van der Waals surface area contributed by atoms with E-state index < -0.39 is 0 Å². The summed E-state index contributed by atoms with van der Waals surface area (Å²) < 4.78 is 14.0. The Labute approximate surface area is 337 Å². The molecule has 2 N–H and O–H groups in total. The number of unbranched alkanes of at least 4 members (excludes halogenated alkanes) is 4. The summed E-state index contributed by atoms with van der Waals surface area (Å²) in [5.41, 5.74) is 4.42. The number of nitrogens with one attached hydrogen (secondary N) is 2. The van der Waals surface area contributed by atoms with E-state index in [9.17, 15) is 9.59 Å². The van der Waals surface area contributed by atoms with Gasteiger partial charge in [-0.25, -0.2) is 0 Å². The van der Waals surface area contributed by atoms with E-state index in [1.807, 2.05) is 12.2 Å². The van der Waals surface area contributed by atoms with Gasteiger partial charge < -0.3 is 63.0 Å². The predicted molar refractivity (Wildman–Crippen MR) is 209 cm³/mol. The van der Waals surface area contributed by atoms with E-state index in [4.69, 9.17) is 9.47 Å². The molecule has 0 aliphatic rings. The van der Waals surface area contributed by atoms with Gasteiger partial charge in [0.05, 0.1) is 54.5 Å². The Morgan fingerprint density at radius 1 is 0.673 bits per heavy atom. The minimum absolute atomic E-state index is 0. The highest BCUT2D eigenvalue weighted by atomic mass is 79.9. The van der Waals surface area contributed by atoms with Crippen molar-refractivity contribution in [3.05, 3.63) is 72.8 Å². The van der Waals surface area contributed by atoms with E-state index in [1.165, 1.54) is 5.56 Å². The van der Waals surface area contributed by atoms with Crippen LogP contribution in [0.1, 0.15) is 76.3 Å². The third kappa shape index (κ3) is 20.0. The van der Waals surface area contributed by atoms with Crippen molar-refractivity contribution in [3.8, 4) is 22.6 Å². The zero-order chi connectivity index (χ0) is 36.8. The molecule has 0 unspecified atom stereocenters. The number of nitrogens with zero attached hydrogens (tertiary/aromatic N) is 2. The fourth-order valence-electron chi connectivity index (χ4n) is 5.93. The van der Waals surface area contributed by atoms with Gasteiger partial charge in [0.2, 0.25) is 0 Å². The summed E-state index contributed by atoms with van der Waals surface area (Å²) in [5.74, 6) is 1.98. The summed E-state index contributed by atoms with van der Waals surface area (Å²) in [6.07, 6.45) is 13.3. The number of ether oxygens (including phenoxy) is 2. The summed E-state index contributed by atoms with van der Waals surface area (Å²) in [7, 11) is 8.45. The van der Waals surface area contributed by atoms with Crippen LogP contribution < -0.4 is 54.1 Å². The van der Waals surface area contributed by atoms with Crippen LogP contribution >= 0.6 is 0 Å². The average Bonchev–Trinajstić information content (AvgIpc) is 3.05. The van der Waals surface area contributed by atoms with Gasteiger partial charge in [-0.1, -0.05) is 51.0 Å². The van der Waals surface area contributed by atoms with Crippen LogP contribution in [0.15, 0.2) is 61.7 Å². The predicted octanol–water partition coefficient (Wildman–Crippen LogP) is 1.12. The molecule has 2 amide bonds. The Morgan fingerprint density at radius 3 is 1.67 bits per heavy atom. The van der Waals surface area contributed by atoms with Gasteiger partial charge in [-0.05, 0) is 92.3 Å². The number of carbonyl (C=O) groups excluding carboxylic acids is 2. The molecule has 2 rings (SSSR count). The number of quaternary nitrogens is 2. The van der Waals surface area contributed by atoms with Crippen LogP contribution in [0.3, 0.4) is 0 Å². The minimum atomic E-state index is 0. The second-order valence-electron chi connectivity index (χ2n) is 14.8. The van der Waals surface area contributed by atoms with Crippen LogP contribution in [0.2, 0.25) is 0 Å². The van der Waals surface area contributed by atoms with Gasteiger partial charge >= 0.3 is 0 Å². The fourth-order valence-corrected chi connectivity index (χ4v) is 5.93. The maximum Gasteiger partial charge on any atom is 0.275 e. The van der Waals surface area contributed by atoms with Crippen molar-refractivity contribution >= 4 is 11.8 Å². The van der Waals surface area contributed by atoms with Crippen molar-refractivity contribution < 1.29 is 62.0 Å². The molecule has 0 saturated carbocycles. The quantitative estimate of drug-likeness (QED) is 0.0804. The molecule has 8 nitrogen and oxygen atoms in total. The van der Waals surface area contributed by atoms with Crippen LogP contribution in [-0.2, 0) is 22.4 Å². The van der Waals surface area contributed by atoms with Crippen molar-refractivity contribution in [2.24, 2.45) is 0 Å². The summed E-state index contributed by atoms with van der Waals surface area (Å²) in [5, 5.41) is 6.06. The lowest BCUT2D eigenvalue weighted by Gasteiger charge is -2.29.